The number of aryl methyl sites for hydroxylation is 3. The van der Waals surface area contributed by atoms with Crippen LogP contribution in [-0.2, 0) is 19.1 Å². The highest BCUT2D eigenvalue weighted by Gasteiger charge is 2.40. The van der Waals surface area contributed by atoms with E-state index in [-0.39, 0.29) is 17.7 Å². The van der Waals surface area contributed by atoms with Crippen LogP contribution in [0.15, 0.2) is 17.9 Å². The summed E-state index contributed by atoms with van der Waals surface area (Å²) in [5, 5.41) is 0. The summed E-state index contributed by atoms with van der Waals surface area (Å²) in [5.41, 5.74) is 4.26. The maximum absolute atomic E-state index is 13.7. The Morgan fingerprint density at radius 3 is 2.16 bits per heavy atom. The molecular weight excluding hydrogens is 400 g/mol. The molecule has 1 aromatic carbocycles. The highest BCUT2D eigenvalue weighted by molar-refractivity contribution is 6.25. The highest BCUT2D eigenvalue weighted by atomic mass is 16.5. The van der Waals surface area contributed by atoms with Crippen LogP contribution in [0, 0.1) is 38.0 Å². The fourth-order valence-electron chi connectivity index (χ4n) is 5.32. The van der Waals surface area contributed by atoms with E-state index in [9.17, 15) is 9.59 Å². The Morgan fingerprint density at radius 1 is 1.03 bits per heavy atom. The van der Waals surface area contributed by atoms with Crippen molar-refractivity contribution in [3.05, 3.63) is 40.1 Å². The van der Waals surface area contributed by atoms with E-state index in [0.717, 1.165) is 55.4 Å². The zero-order valence-electron chi connectivity index (χ0n) is 21.0. The van der Waals surface area contributed by atoms with Crippen molar-refractivity contribution in [1.29, 1.82) is 0 Å². The van der Waals surface area contributed by atoms with E-state index in [1.165, 1.54) is 5.56 Å². The smallest absolute Gasteiger partial charge is 0.316 e. The highest BCUT2D eigenvalue weighted by Crippen LogP contribution is 2.43. The van der Waals surface area contributed by atoms with Gasteiger partial charge in [0, 0.05) is 18.9 Å². The molecule has 0 heterocycles. The van der Waals surface area contributed by atoms with E-state index in [0.29, 0.717) is 29.8 Å². The Bertz CT molecular complexity index is 871. The predicted molar refractivity (Wildman–Crippen MR) is 128 cm³/mol. The lowest BCUT2D eigenvalue weighted by atomic mass is 9.80. The van der Waals surface area contributed by atoms with Gasteiger partial charge in [0.25, 0.3) is 0 Å². The summed E-state index contributed by atoms with van der Waals surface area (Å²) in [6, 6.07) is 4.21. The van der Waals surface area contributed by atoms with Gasteiger partial charge in [-0.25, -0.2) is 0 Å². The minimum absolute atomic E-state index is 0.110. The molecule has 1 fully saturated rings. The maximum atomic E-state index is 13.7. The molecule has 0 saturated heterocycles. The maximum Gasteiger partial charge on any atom is 0.316 e. The van der Waals surface area contributed by atoms with Crippen LogP contribution in [0.2, 0.25) is 0 Å². The molecule has 0 spiro atoms. The number of Topliss-reactive ketones (excluding diaryl/α,β-unsaturated/α-hetero) is 1. The topological polar surface area (TPSA) is 52.6 Å². The molecule has 2 aliphatic rings. The minimum Gasteiger partial charge on any atom is -0.430 e. The Morgan fingerprint density at radius 2 is 1.62 bits per heavy atom. The van der Waals surface area contributed by atoms with Crippen molar-refractivity contribution >= 4 is 17.3 Å². The fourth-order valence-corrected chi connectivity index (χ4v) is 5.32. The van der Waals surface area contributed by atoms with Crippen molar-refractivity contribution in [2.45, 2.75) is 93.1 Å². The second kappa shape index (κ2) is 9.91. The number of benzene rings is 1. The lowest BCUT2D eigenvalue weighted by Crippen LogP contribution is -2.24. The first-order valence-electron chi connectivity index (χ1n) is 12.2. The Hall–Kier alpha value is -1.94. The lowest BCUT2D eigenvalue weighted by Gasteiger charge is -2.29. The van der Waals surface area contributed by atoms with Crippen LogP contribution in [0.25, 0.3) is 5.57 Å². The summed E-state index contributed by atoms with van der Waals surface area (Å²) < 4.78 is 11.7. The van der Waals surface area contributed by atoms with Crippen LogP contribution in [0.3, 0.4) is 0 Å². The van der Waals surface area contributed by atoms with Crippen molar-refractivity contribution in [1.82, 2.24) is 0 Å². The van der Waals surface area contributed by atoms with Gasteiger partial charge in [-0.15, -0.1) is 0 Å². The molecule has 1 atom stereocenters. The van der Waals surface area contributed by atoms with Crippen molar-refractivity contribution < 1.29 is 19.1 Å². The number of hydrogen-bond donors (Lipinski definition) is 0. The molecule has 0 N–H and O–H groups in total. The molecular formula is C28H40O4. The third-order valence-electron chi connectivity index (χ3n) is 6.90. The van der Waals surface area contributed by atoms with Gasteiger partial charge in [-0.3, -0.25) is 9.59 Å². The first-order chi connectivity index (χ1) is 15.0. The minimum atomic E-state index is -0.617. The summed E-state index contributed by atoms with van der Waals surface area (Å²) in [6.07, 6.45) is 6.09. The number of esters is 1. The molecule has 0 radical (unpaired) electrons. The summed E-state index contributed by atoms with van der Waals surface area (Å²) in [4.78, 5) is 26.4. The SMILES string of the molecule is CCOC1CCC(CC2CC(OC(=O)C(C)(C)C)=C(c3c(C)cc(C)cc3C)C2=O)CC1. The summed E-state index contributed by atoms with van der Waals surface area (Å²) in [5.74, 6) is 0.848. The Labute approximate surface area is 193 Å². The van der Waals surface area contributed by atoms with Crippen LogP contribution in [-0.4, -0.2) is 24.5 Å². The number of hydrogen-bond acceptors (Lipinski definition) is 4. The van der Waals surface area contributed by atoms with E-state index >= 15 is 0 Å². The normalized spacial score (nSPS) is 24.2. The van der Waals surface area contributed by atoms with E-state index < -0.39 is 5.41 Å². The van der Waals surface area contributed by atoms with Crippen LogP contribution in [0.4, 0.5) is 0 Å². The van der Waals surface area contributed by atoms with Gasteiger partial charge < -0.3 is 9.47 Å². The second-order valence-electron chi connectivity index (χ2n) is 10.8. The Kier molecular flexibility index (Phi) is 7.65. The standard InChI is InChI=1S/C28H40O4/c1-8-31-22-11-9-20(10-12-22)15-21-16-23(32-27(30)28(5,6)7)25(26(21)29)24-18(3)13-17(2)14-19(24)4/h13-14,20-22H,8-12,15-16H2,1-7H3. The number of rotatable bonds is 6. The van der Waals surface area contributed by atoms with Crippen molar-refractivity contribution in [2.24, 2.45) is 17.3 Å². The van der Waals surface area contributed by atoms with Gasteiger partial charge in [-0.2, -0.15) is 0 Å². The van der Waals surface area contributed by atoms with Gasteiger partial charge in [0.05, 0.1) is 17.1 Å². The molecule has 1 unspecified atom stereocenters. The molecule has 1 aromatic rings. The molecule has 3 rings (SSSR count). The Balaban J connectivity index is 1.86. The molecule has 0 bridgehead atoms. The van der Waals surface area contributed by atoms with Gasteiger partial charge in [-0.1, -0.05) is 17.7 Å². The summed E-state index contributed by atoms with van der Waals surface area (Å²) in [6.45, 7) is 14.5. The van der Waals surface area contributed by atoms with Gasteiger partial charge >= 0.3 is 5.97 Å². The molecule has 0 aliphatic heterocycles. The molecule has 32 heavy (non-hydrogen) atoms. The number of carbonyl (C=O) groups excluding carboxylic acids is 2. The first kappa shape index (κ1) is 24.7. The quantitative estimate of drug-likeness (QED) is 0.475. The largest absolute Gasteiger partial charge is 0.430 e. The molecule has 0 amide bonds. The van der Waals surface area contributed by atoms with Crippen LogP contribution in [0.5, 0.6) is 0 Å². The summed E-state index contributed by atoms with van der Waals surface area (Å²) >= 11 is 0. The third-order valence-corrected chi connectivity index (χ3v) is 6.90. The van der Waals surface area contributed by atoms with E-state index in [4.69, 9.17) is 9.47 Å². The average molecular weight is 441 g/mol. The number of ether oxygens (including phenoxy) is 2. The van der Waals surface area contributed by atoms with E-state index in [2.05, 4.69) is 19.1 Å². The zero-order valence-corrected chi connectivity index (χ0v) is 21.0. The average Bonchev–Trinajstić information content (AvgIpc) is 2.97. The number of ketones is 1. The zero-order chi connectivity index (χ0) is 23.6. The molecule has 176 valence electrons. The lowest BCUT2D eigenvalue weighted by molar-refractivity contribution is -0.148. The molecule has 4 nitrogen and oxygen atoms in total. The fraction of sp³-hybridized carbons (Fsp3) is 0.643. The third kappa shape index (κ3) is 5.51. The van der Waals surface area contributed by atoms with Gasteiger partial charge in [0.1, 0.15) is 5.76 Å². The first-order valence-corrected chi connectivity index (χ1v) is 12.2. The second-order valence-corrected chi connectivity index (χ2v) is 10.8. The van der Waals surface area contributed by atoms with Crippen LogP contribution >= 0.6 is 0 Å². The van der Waals surface area contributed by atoms with Crippen LogP contribution in [0.1, 0.15) is 88.5 Å². The summed E-state index contributed by atoms with van der Waals surface area (Å²) in [7, 11) is 0. The van der Waals surface area contributed by atoms with Crippen molar-refractivity contribution in [3.63, 3.8) is 0 Å². The number of allylic oxidation sites excluding steroid dienone is 2. The molecule has 2 aliphatic carbocycles. The molecule has 1 saturated carbocycles. The molecule has 0 aromatic heterocycles. The van der Waals surface area contributed by atoms with Crippen LogP contribution < -0.4 is 0 Å². The van der Waals surface area contributed by atoms with Gasteiger partial charge in [-0.05, 0) is 103 Å². The van der Waals surface area contributed by atoms with Crippen molar-refractivity contribution in [2.75, 3.05) is 6.61 Å². The van der Waals surface area contributed by atoms with E-state index in [1.54, 1.807) is 0 Å². The molecule has 4 heteroatoms. The predicted octanol–water partition coefficient (Wildman–Crippen LogP) is 6.49. The van der Waals surface area contributed by atoms with Gasteiger partial charge in [0.15, 0.2) is 5.78 Å². The van der Waals surface area contributed by atoms with E-state index in [1.807, 2.05) is 41.5 Å². The van der Waals surface area contributed by atoms with Crippen molar-refractivity contribution in [3.8, 4) is 0 Å². The monoisotopic (exact) mass is 440 g/mol. The number of carbonyl (C=O) groups is 2. The van der Waals surface area contributed by atoms with Gasteiger partial charge in [0.2, 0.25) is 0 Å².